The number of nitrogens with zero attached hydrogens (tertiary/aromatic N) is 3. The molecule has 2 unspecified atom stereocenters. The number of aryl methyl sites for hydroxylation is 2. The molecular formula is C26H36N4O5. The second-order valence-electron chi connectivity index (χ2n) is 9.33. The SMILES string of the molecule is COC(C)Cn1c(-c2cc(C)c(=O)n(C)c2)nc2cc(CN[C@H](C(=O)OC(C)C)C(C)O)ccc21. The molecule has 0 aliphatic rings. The number of aliphatic hydroxyl groups is 1. The van der Waals surface area contributed by atoms with E-state index in [1.165, 1.54) is 0 Å². The third-order valence-corrected chi connectivity index (χ3v) is 5.89. The fourth-order valence-corrected chi connectivity index (χ4v) is 4.01. The van der Waals surface area contributed by atoms with Crippen LogP contribution in [-0.4, -0.2) is 56.7 Å². The van der Waals surface area contributed by atoms with Gasteiger partial charge in [0, 0.05) is 38.0 Å². The molecule has 0 saturated heterocycles. The van der Waals surface area contributed by atoms with Gasteiger partial charge in [-0.05, 0) is 58.4 Å². The van der Waals surface area contributed by atoms with Gasteiger partial charge in [0.05, 0.1) is 35.9 Å². The highest BCUT2D eigenvalue weighted by atomic mass is 16.5. The lowest BCUT2D eigenvalue weighted by atomic mass is 10.1. The maximum atomic E-state index is 12.3. The second-order valence-corrected chi connectivity index (χ2v) is 9.33. The Kier molecular flexibility index (Phi) is 8.47. The van der Waals surface area contributed by atoms with Gasteiger partial charge in [-0.15, -0.1) is 0 Å². The summed E-state index contributed by atoms with van der Waals surface area (Å²) >= 11 is 0. The third kappa shape index (κ3) is 6.17. The highest BCUT2D eigenvalue weighted by Gasteiger charge is 2.25. The fourth-order valence-electron chi connectivity index (χ4n) is 4.01. The molecule has 3 atom stereocenters. The summed E-state index contributed by atoms with van der Waals surface area (Å²) in [6.45, 7) is 9.84. The molecule has 0 aliphatic carbocycles. The highest BCUT2D eigenvalue weighted by molar-refractivity contribution is 5.81. The minimum atomic E-state index is -0.903. The predicted molar refractivity (Wildman–Crippen MR) is 135 cm³/mol. The standard InChI is InChI=1S/C26H36N4O5/c1-15(2)35-26(33)23(18(5)31)27-12-19-8-9-22-21(11-19)28-24(30(22)13-17(4)34-7)20-10-16(3)25(32)29(6)14-20/h8-11,14-15,17-18,23,27,31H,12-13H2,1-7H3/t17?,18?,23-/m0/s1. The molecule has 1 aromatic carbocycles. The number of carbonyl (C=O) groups is 1. The van der Waals surface area contributed by atoms with Crippen molar-refractivity contribution in [2.75, 3.05) is 7.11 Å². The smallest absolute Gasteiger partial charge is 0.326 e. The molecule has 0 saturated carbocycles. The Labute approximate surface area is 205 Å². The largest absolute Gasteiger partial charge is 0.462 e. The number of nitrogens with one attached hydrogen (secondary N) is 1. The summed E-state index contributed by atoms with van der Waals surface area (Å²) in [5.41, 5.74) is 4.07. The average Bonchev–Trinajstić information content (AvgIpc) is 3.13. The van der Waals surface area contributed by atoms with Crippen LogP contribution in [-0.2, 0) is 34.4 Å². The van der Waals surface area contributed by atoms with Crippen molar-refractivity contribution in [3.8, 4) is 11.4 Å². The molecule has 3 rings (SSSR count). The van der Waals surface area contributed by atoms with Gasteiger partial charge in [-0.2, -0.15) is 0 Å². The normalized spacial score (nSPS) is 14.3. The van der Waals surface area contributed by atoms with E-state index in [-0.39, 0.29) is 17.8 Å². The fraction of sp³-hybridized carbons (Fsp3) is 0.500. The van der Waals surface area contributed by atoms with Crippen molar-refractivity contribution in [3.63, 3.8) is 0 Å². The number of aromatic nitrogens is 3. The lowest BCUT2D eigenvalue weighted by molar-refractivity contribution is -0.152. The summed E-state index contributed by atoms with van der Waals surface area (Å²) < 4.78 is 14.4. The van der Waals surface area contributed by atoms with Gasteiger partial charge in [-0.3, -0.25) is 14.9 Å². The summed E-state index contributed by atoms with van der Waals surface area (Å²) in [6.07, 6.45) is 0.583. The van der Waals surface area contributed by atoms with E-state index in [9.17, 15) is 14.7 Å². The van der Waals surface area contributed by atoms with Gasteiger partial charge >= 0.3 is 5.97 Å². The zero-order chi connectivity index (χ0) is 25.9. The average molecular weight is 485 g/mol. The van der Waals surface area contributed by atoms with Crippen molar-refractivity contribution in [2.45, 2.75) is 72.1 Å². The van der Waals surface area contributed by atoms with Crippen LogP contribution in [0.4, 0.5) is 0 Å². The first-order chi connectivity index (χ1) is 16.5. The minimum absolute atomic E-state index is 0.0418. The first kappa shape index (κ1) is 26.6. The Balaban J connectivity index is 1.98. The van der Waals surface area contributed by atoms with Gasteiger partial charge in [0.1, 0.15) is 11.9 Å². The third-order valence-electron chi connectivity index (χ3n) is 5.89. The van der Waals surface area contributed by atoms with Crippen molar-refractivity contribution < 1.29 is 19.4 Å². The molecule has 0 spiro atoms. The molecule has 9 heteroatoms. The van der Waals surface area contributed by atoms with Gasteiger partial charge in [0.2, 0.25) is 0 Å². The number of fused-ring (bicyclic) bond motifs is 1. The van der Waals surface area contributed by atoms with Crippen LogP contribution in [0.3, 0.4) is 0 Å². The Bertz CT molecular complexity index is 1220. The van der Waals surface area contributed by atoms with E-state index in [1.807, 2.05) is 31.2 Å². The summed E-state index contributed by atoms with van der Waals surface area (Å²) in [7, 11) is 3.41. The molecule has 0 aliphatic heterocycles. The van der Waals surface area contributed by atoms with Crippen molar-refractivity contribution >= 4 is 17.0 Å². The molecular weight excluding hydrogens is 448 g/mol. The number of aliphatic hydroxyl groups excluding tert-OH is 1. The molecule has 9 nitrogen and oxygen atoms in total. The summed E-state index contributed by atoms with van der Waals surface area (Å²) in [5.74, 6) is 0.260. The van der Waals surface area contributed by atoms with E-state index in [2.05, 4.69) is 9.88 Å². The number of rotatable bonds is 10. The van der Waals surface area contributed by atoms with Crippen molar-refractivity contribution in [1.29, 1.82) is 0 Å². The Morgan fingerprint density at radius 3 is 2.51 bits per heavy atom. The highest BCUT2D eigenvalue weighted by Crippen LogP contribution is 2.26. The topological polar surface area (TPSA) is 108 Å². The van der Waals surface area contributed by atoms with E-state index in [4.69, 9.17) is 14.5 Å². The first-order valence-corrected chi connectivity index (χ1v) is 11.8. The van der Waals surface area contributed by atoms with Crippen molar-refractivity contribution in [1.82, 2.24) is 19.4 Å². The maximum Gasteiger partial charge on any atom is 0.326 e. The van der Waals surface area contributed by atoms with Crippen LogP contribution in [0.5, 0.6) is 0 Å². The van der Waals surface area contributed by atoms with Crippen LogP contribution >= 0.6 is 0 Å². The van der Waals surface area contributed by atoms with E-state index in [0.29, 0.717) is 18.7 Å². The number of carbonyl (C=O) groups excluding carboxylic acids is 1. The van der Waals surface area contributed by atoms with Crippen LogP contribution < -0.4 is 10.9 Å². The van der Waals surface area contributed by atoms with E-state index >= 15 is 0 Å². The molecule has 0 radical (unpaired) electrons. The van der Waals surface area contributed by atoms with Gasteiger partial charge in [-0.25, -0.2) is 4.98 Å². The van der Waals surface area contributed by atoms with Crippen LogP contribution in [0.2, 0.25) is 0 Å². The predicted octanol–water partition coefficient (Wildman–Crippen LogP) is 2.54. The van der Waals surface area contributed by atoms with Crippen LogP contribution in [0.1, 0.15) is 38.8 Å². The second kappa shape index (κ2) is 11.2. The van der Waals surface area contributed by atoms with Crippen LogP contribution in [0.15, 0.2) is 35.3 Å². The van der Waals surface area contributed by atoms with Crippen molar-refractivity contribution in [2.24, 2.45) is 7.05 Å². The Morgan fingerprint density at radius 1 is 1.20 bits per heavy atom. The minimum Gasteiger partial charge on any atom is -0.462 e. The molecule has 2 heterocycles. The number of hydrogen-bond donors (Lipinski definition) is 2. The molecule has 0 amide bonds. The molecule has 2 N–H and O–H groups in total. The Morgan fingerprint density at radius 2 is 1.91 bits per heavy atom. The number of pyridine rings is 1. The van der Waals surface area contributed by atoms with Gasteiger partial charge in [0.25, 0.3) is 5.56 Å². The van der Waals surface area contributed by atoms with E-state index in [0.717, 1.165) is 28.0 Å². The molecule has 35 heavy (non-hydrogen) atoms. The Hall–Kier alpha value is -3.01. The summed E-state index contributed by atoms with van der Waals surface area (Å²) in [4.78, 5) is 29.5. The molecule has 3 aromatic rings. The summed E-state index contributed by atoms with van der Waals surface area (Å²) in [5, 5.41) is 13.2. The van der Waals surface area contributed by atoms with E-state index < -0.39 is 18.1 Å². The number of methoxy groups -OCH3 is 1. The molecule has 0 bridgehead atoms. The van der Waals surface area contributed by atoms with Gasteiger partial charge in [0.15, 0.2) is 0 Å². The molecule has 0 fully saturated rings. The van der Waals surface area contributed by atoms with Gasteiger partial charge in [-0.1, -0.05) is 6.07 Å². The van der Waals surface area contributed by atoms with E-state index in [1.54, 1.807) is 52.6 Å². The lowest BCUT2D eigenvalue weighted by Gasteiger charge is -2.21. The number of benzene rings is 1. The maximum absolute atomic E-state index is 12.3. The number of ether oxygens (including phenoxy) is 2. The molecule has 2 aromatic heterocycles. The lowest BCUT2D eigenvalue weighted by Crippen LogP contribution is -2.46. The quantitative estimate of drug-likeness (QED) is 0.426. The molecule has 190 valence electrons. The van der Waals surface area contributed by atoms with Crippen molar-refractivity contribution in [3.05, 3.63) is 51.9 Å². The van der Waals surface area contributed by atoms with Crippen LogP contribution in [0.25, 0.3) is 22.4 Å². The van der Waals surface area contributed by atoms with Gasteiger partial charge < -0.3 is 23.7 Å². The zero-order valence-electron chi connectivity index (χ0n) is 21.5. The number of imidazole rings is 1. The zero-order valence-corrected chi connectivity index (χ0v) is 21.5. The van der Waals surface area contributed by atoms with Crippen LogP contribution in [0, 0.1) is 6.92 Å². The number of esters is 1. The monoisotopic (exact) mass is 484 g/mol. The summed E-state index contributed by atoms with van der Waals surface area (Å²) in [6, 6.07) is 6.93. The first-order valence-electron chi connectivity index (χ1n) is 11.8. The number of hydrogen-bond acceptors (Lipinski definition) is 7.